The first-order valence-corrected chi connectivity index (χ1v) is 5.49. The molecule has 0 aliphatic rings. The summed E-state index contributed by atoms with van der Waals surface area (Å²) in [4.78, 5) is 10.8. The molecule has 0 spiro atoms. The Morgan fingerprint density at radius 3 is 2.50 bits per heavy atom. The summed E-state index contributed by atoms with van der Waals surface area (Å²) >= 11 is 6.63. The van der Waals surface area contributed by atoms with E-state index in [0.29, 0.717) is 10.7 Å². The van der Waals surface area contributed by atoms with Crippen LogP contribution >= 0.6 is 23.1 Å². The number of aromatic nitrogens is 1. The molecule has 1 heterocycles. The van der Waals surface area contributed by atoms with Crippen LogP contribution in [0.1, 0.15) is 9.67 Å². The zero-order valence-electron chi connectivity index (χ0n) is 7.98. The molecule has 0 amide bonds. The number of nitrogen functional groups attached to an aromatic ring is 1. The molecule has 1 aromatic carbocycles. The van der Waals surface area contributed by atoms with E-state index in [4.69, 9.17) is 22.4 Å². The molecular formula is C10H7ClN2O2S. The van der Waals surface area contributed by atoms with E-state index in [1.54, 1.807) is 24.3 Å². The van der Waals surface area contributed by atoms with E-state index in [-0.39, 0.29) is 10.6 Å². The van der Waals surface area contributed by atoms with Crippen LogP contribution in [-0.4, -0.2) is 15.4 Å². The number of carbonyl (C=O) groups is 1. The lowest BCUT2D eigenvalue weighted by molar-refractivity contribution is 0.0703. The second kappa shape index (κ2) is 4.11. The topological polar surface area (TPSA) is 76.2 Å². The van der Waals surface area contributed by atoms with Gasteiger partial charge in [-0.15, -0.1) is 0 Å². The number of aromatic carboxylic acids is 1. The highest BCUT2D eigenvalue weighted by Crippen LogP contribution is 2.31. The summed E-state index contributed by atoms with van der Waals surface area (Å²) in [6.07, 6.45) is 0. The van der Waals surface area contributed by atoms with Gasteiger partial charge in [0.05, 0.1) is 5.69 Å². The van der Waals surface area contributed by atoms with Crippen molar-refractivity contribution >= 4 is 34.8 Å². The highest BCUT2D eigenvalue weighted by molar-refractivity contribution is 7.09. The third kappa shape index (κ3) is 1.87. The molecule has 0 radical (unpaired) electrons. The van der Waals surface area contributed by atoms with E-state index in [1.807, 2.05) is 0 Å². The van der Waals surface area contributed by atoms with Crippen molar-refractivity contribution in [2.45, 2.75) is 0 Å². The van der Waals surface area contributed by atoms with E-state index in [0.717, 1.165) is 17.1 Å². The van der Waals surface area contributed by atoms with Crippen LogP contribution in [0, 0.1) is 0 Å². The highest BCUT2D eigenvalue weighted by Gasteiger charge is 2.17. The smallest absolute Gasteiger partial charge is 0.349 e. The van der Waals surface area contributed by atoms with E-state index in [2.05, 4.69) is 4.37 Å². The molecule has 1 aromatic heterocycles. The third-order valence-corrected chi connectivity index (χ3v) is 3.14. The Morgan fingerprint density at radius 1 is 1.38 bits per heavy atom. The second-order valence-corrected chi connectivity index (χ2v) is 4.30. The molecule has 2 aromatic rings. The number of nitrogens with two attached hydrogens (primary N) is 1. The highest BCUT2D eigenvalue weighted by atomic mass is 35.5. The predicted molar refractivity (Wildman–Crippen MR) is 63.9 cm³/mol. The third-order valence-electron chi connectivity index (χ3n) is 2.04. The van der Waals surface area contributed by atoms with Crippen molar-refractivity contribution in [1.29, 1.82) is 0 Å². The number of hydrogen-bond acceptors (Lipinski definition) is 4. The molecule has 4 nitrogen and oxygen atoms in total. The fourth-order valence-corrected chi connectivity index (χ4v) is 2.05. The normalized spacial score (nSPS) is 10.3. The van der Waals surface area contributed by atoms with Gasteiger partial charge in [0.2, 0.25) is 0 Å². The van der Waals surface area contributed by atoms with Gasteiger partial charge in [-0.25, -0.2) is 4.79 Å². The van der Waals surface area contributed by atoms with Crippen LogP contribution in [0.4, 0.5) is 5.69 Å². The van der Waals surface area contributed by atoms with Gasteiger partial charge in [0, 0.05) is 10.6 Å². The molecule has 2 rings (SSSR count). The van der Waals surface area contributed by atoms with E-state index < -0.39 is 5.97 Å². The van der Waals surface area contributed by atoms with Crippen molar-refractivity contribution in [3.05, 3.63) is 34.2 Å². The molecule has 0 aliphatic carbocycles. The lowest BCUT2D eigenvalue weighted by Gasteiger charge is -1.98. The summed E-state index contributed by atoms with van der Waals surface area (Å²) in [6, 6.07) is 6.91. The molecule has 0 aliphatic heterocycles. The summed E-state index contributed by atoms with van der Waals surface area (Å²) in [5.74, 6) is -1.06. The Kier molecular flexibility index (Phi) is 2.80. The molecular weight excluding hydrogens is 248 g/mol. The van der Waals surface area contributed by atoms with E-state index in [9.17, 15) is 4.79 Å². The zero-order chi connectivity index (χ0) is 11.7. The molecule has 82 valence electrons. The summed E-state index contributed by atoms with van der Waals surface area (Å²) in [6.45, 7) is 0. The van der Waals surface area contributed by atoms with Crippen molar-refractivity contribution in [2.24, 2.45) is 0 Å². The van der Waals surface area contributed by atoms with Crippen LogP contribution in [0.3, 0.4) is 0 Å². The number of carboxylic acid groups (broad SMARTS) is 1. The van der Waals surface area contributed by atoms with Crippen molar-refractivity contribution in [2.75, 3.05) is 5.73 Å². The lowest BCUT2D eigenvalue weighted by Crippen LogP contribution is -1.98. The predicted octanol–water partition coefficient (Wildman–Crippen LogP) is 2.74. The van der Waals surface area contributed by atoms with Crippen LogP contribution in [0.2, 0.25) is 5.02 Å². The van der Waals surface area contributed by atoms with Crippen molar-refractivity contribution in [1.82, 2.24) is 4.37 Å². The Bertz CT molecular complexity index is 536. The van der Waals surface area contributed by atoms with Gasteiger partial charge in [-0.05, 0) is 23.7 Å². The van der Waals surface area contributed by atoms with Crippen LogP contribution < -0.4 is 5.73 Å². The molecule has 0 saturated heterocycles. The molecule has 0 fully saturated rings. The van der Waals surface area contributed by atoms with E-state index >= 15 is 0 Å². The van der Waals surface area contributed by atoms with Crippen molar-refractivity contribution < 1.29 is 9.90 Å². The summed E-state index contributed by atoms with van der Waals surface area (Å²) in [5, 5.41) is 9.45. The quantitative estimate of drug-likeness (QED) is 0.864. The average molecular weight is 255 g/mol. The summed E-state index contributed by atoms with van der Waals surface area (Å²) in [7, 11) is 0. The maximum atomic E-state index is 10.8. The standard InChI is InChI=1S/C10H7ClN2O2S/c11-6-3-1-5(2-4-6)8-7(12)9(10(14)15)16-13-8/h1-4H,12H2,(H,14,15). The first-order chi connectivity index (χ1) is 7.59. The number of halogens is 1. The zero-order valence-corrected chi connectivity index (χ0v) is 9.55. The Hall–Kier alpha value is -1.59. The van der Waals surface area contributed by atoms with E-state index in [1.165, 1.54) is 0 Å². The van der Waals surface area contributed by atoms with Crippen LogP contribution in [0.15, 0.2) is 24.3 Å². The molecule has 3 N–H and O–H groups in total. The summed E-state index contributed by atoms with van der Waals surface area (Å²) < 4.78 is 4.03. The SMILES string of the molecule is Nc1c(-c2ccc(Cl)cc2)nsc1C(=O)O. The second-order valence-electron chi connectivity index (χ2n) is 3.09. The molecule has 16 heavy (non-hydrogen) atoms. The van der Waals surface area contributed by atoms with Gasteiger partial charge in [-0.1, -0.05) is 23.7 Å². The minimum Gasteiger partial charge on any atom is -0.477 e. The number of carboxylic acids is 1. The van der Waals surface area contributed by atoms with Crippen LogP contribution in [0.5, 0.6) is 0 Å². The van der Waals surface area contributed by atoms with Crippen molar-refractivity contribution in [3.63, 3.8) is 0 Å². The monoisotopic (exact) mass is 254 g/mol. The van der Waals surface area contributed by atoms with Gasteiger partial charge >= 0.3 is 5.97 Å². The molecule has 0 bridgehead atoms. The molecule has 0 saturated carbocycles. The minimum absolute atomic E-state index is 0.0601. The number of nitrogens with zero attached hydrogens (tertiary/aromatic N) is 1. The number of anilines is 1. The fourth-order valence-electron chi connectivity index (χ4n) is 1.27. The van der Waals surface area contributed by atoms with Gasteiger partial charge < -0.3 is 10.8 Å². The fraction of sp³-hybridized carbons (Fsp3) is 0. The van der Waals surface area contributed by atoms with Crippen molar-refractivity contribution in [3.8, 4) is 11.3 Å². The van der Waals surface area contributed by atoms with Gasteiger partial charge in [0.25, 0.3) is 0 Å². The largest absolute Gasteiger partial charge is 0.477 e. The van der Waals surface area contributed by atoms with Crippen LogP contribution in [0.25, 0.3) is 11.3 Å². The first-order valence-electron chi connectivity index (χ1n) is 4.34. The Balaban J connectivity index is 2.49. The number of hydrogen-bond donors (Lipinski definition) is 2. The summed E-state index contributed by atoms with van der Waals surface area (Å²) in [5.41, 5.74) is 7.14. The van der Waals surface area contributed by atoms with Gasteiger partial charge in [0.1, 0.15) is 5.69 Å². The number of benzene rings is 1. The Morgan fingerprint density at radius 2 is 2.00 bits per heavy atom. The maximum absolute atomic E-state index is 10.8. The van der Waals surface area contributed by atoms with Gasteiger partial charge in [-0.3, -0.25) is 0 Å². The van der Waals surface area contributed by atoms with Crippen LogP contribution in [-0.2, 0) is 0 Å². The average Bonchev–Trinajstić information content (AvgIpc) is 2.61. The maximum Gasteiger partial charge on any atom is 0.349 e. The number of rotatable bonds is 2. The minimum atomic E-state index is -1.06. The molecule has 0 unspecified atom stereocenters. The van der Waals surface area contributed by atoms with Gasteiger partial charge in [0.15, 0.2) is 4.88 Å². The Labute approximate surface area is 100 Å². The molecule has 0 atom stereocenters. The molecule has 6 heteroatoms. The lowest BCUT2D eigenvalue weighted by atomic mass is 10.1. The first kappa shape index (κ1) is 10.9. The van der Waals surface area contributed by atoms with Gasteiger partial charge in [-0.2, -0.15) is 4.37 Å².